The first-order chi connectivity index (χ1) is 8.15. The molecule has 2 aromatic rings. The van der Waals surface area contributed by atoms with Gasteiger partial charge in [-0.2, -0.15) is 0 Å². The van der Waals surface area contributed by atoms with Crippen molar-refractivity contribution >= 4 is 23.4 Å². The molecule has 0 spiro atoms. The highest BCUT2D eigenvalue weighted by Gasteiger charge is 2.06. The predicted octanol–water partition coefficient (Wildman–Crippen LogP) is 3.87. The third-order valence-electron chi connectivity index (χ3n) is 2.14. The molecule has 0 radical (unpaired) electrons. The summed E-state index contributed by atoms with van der Waals surface area (Å²) in [6.45, 7) is 2.02. The minimum absolute atomic E-state index is 0.0677. The number of benzene rings is 1. The maximum Gasteiger partial charge on any atom is 0.223 e. The van der Waals surface area contributed by atoms with Crippen LogP contribution >= 0.6 is 23.4 Å². The number of aryl methyl sites for hydroxylation is 1. The molecule has 17 heavy (non-hydrogen) atoms. The van der Waals surface area contributed by atoms with Gasteiger partial charge in [0.15, 0.2) is 5.82 Å². The number of rotatable bonds is 3. The molecule has 5 heteroatoms. The first-order valence-corrected chi connectivity index (χ1v) is 6.38. The summed E-state index contributed by atoms with van der Waals surface area (Å²) in [6, 6.07) is 8.07. The molecule has 0 unspecified atom stereocenters. The molecule has 0 saturated carbocycles. The lowest BCUT2D eigenvalue weighted by molar-refractivity contribution is 0.579. The number of hydrogen-bond acceptors (Lipinski definition) is 3. The van der Waals surface area contributed by atoms with Crippen LogP contribution in [0.15, 0.2) is 35.5 Å². The fourth-order valence-corrected chi connectivity index (χ4v) is 2.39. The van der Waals surface area contributed by atoms with E-state index in [4.69, 9.17) is 11.6 Å². The summed E-state index contributed by atoms with van der Waals surface area (Å²) in [5.41, 5.74) is 2.31. The highest BCUT2D eigenvalue weighted by molar-refractivity contribution is 7.98. The van der Waals surface area contributed by atoms with Crippen molar-refractivity contribution in [2.45, 2.75) is 17.7 Å². The van der Waals surface area contributed by atoms with Gasteiger partial charge in [-0.15, -0.1) is 0 Å². The molecule has 88 valence electrons. The van der Waals surface area contributed by atoms with E-state index in [1.807, 2.05) is 25.1 Å². The molecule has 0 aliphatic rings. The van der Waals surface area contributed by atoms with Gasteiger partial charge < -0.3 is 0 Å². The summed E-state index contributed by atoms with van der Waals surface area (Å²) in [7, 11) is 0. The molecule has 1 aromatic heterocycles. The van der Waals surface area contributed by atoms with Crippen molar-refractivity contribution < 1.29 is 4.39 Å². The Morgan fingerprint density at radius 3 is 3.00 bits per heavy atom. The fourth-order valence-electron chi connectivity index (χ4n) is 1.39. The van der Waals surface area contributed by atoms with Crippen LogP contribution in [0.5, 0.6) is 0 Å². The Bertz CT molecular complexity index is 534. The largest absolute Gasteiger partial charge is 0.223 e. The van der Waals surface area contributed by atoms with Gasteiger partial charge in [-0.3, -0.25) is 0 Å². The lowest BCUT2D eigenvalue weighted by Gasteiger charge is -2.03. The van der Waals surface area contributed by atoms with Gasteiger partial charge in [-0.25, -0.2) is 14.4 Å². The van der Waals surface area contributed by atoms with Crippen molar-refractivity contribution in [3.05, 3.63) is 52.7 Å². The number of hydrogen-bond donors (Lipinski definition) is 0. The minimum Gasteiger partial charge on any atom is -0.223 e. The second kappa shape index (κ2) is 5.47. The van der Waals surface area contributed by atoms with E-state index in [2.05, 4.69) is 16.0 Å². The number of nitrogens with zero attached hydrogens (tertiary/aromatic N) is 2. The van der Waals surface area contributed by atoms with Gasteiger partial charge >= 0.3 is 0 Å². The zero-order valence-electron chi connectivity index (χ0n) is 9.15. The molecule has 0 aliphatic heterocycles. The van der Waals surface area contributed by atoms with Crippen LogP contribution in [0.2, 0.25) is 5.28 Å². The van der Waals surface area contributed by atoms with Crippen LogP contribution in [0.25, 0.3) is 0 Å². The molecule has 2 nitrogen and oxygen atoms in total. The third-order valence-corrected chi connectivity index (χ3v) is 3.36. The summed E-state index contributed by atoms with van der Waals surface area (Å²) in [5, 5.41) is 0.352. The average molecular weight is 269 g/mol. The van der Waals surface area contributed by atoms with Gasteiger partial charge in [0, 0.05) is 5.75 Å². The second-order valence-electron chi connectivity index (χ2n) is 3.57. The minimum atomic E-state index is -0.438. The van der Waals surface area contributed by atoms with Crippen LogP contribution in [0.3, 0.4) is 0 Å². The molecule has 1 aromatic carbocycles. The Morgan fingerprint density at radius 2 is 2.24 bits per heavy atom. The van der Waals surface area contributed by atoms with E-state index in [1.54, 1.807) is 0 Å². The fraction of sp³-hybridized carbons (Fsp3) is 0.167. The molecule has 0 saturated heterocycles. The standard InChI is InChI=1S/C12H10ClFN2S/c1-8-3-2-4-9(5-8)7-17-11-10(14)6-15-12(13)16-11/h2-6H,7H2,1H3. The van der Waals surface area contributed by atoms with Gasteiger partial charge in [0.05, 0.1) is 6.20 Å². The summed E-state index contributed by atoms with van der Waals surface area (Å²) in [5.74, 6) is 0.221. The Kier molecular flexibility index (Phi) is 3.97. The first-order valence-electron chi connectivity index (χ1n) is 5.01. The Balaban J connectivity index is 2.09. The maximum absolute atomic E-state index is 13.3. The Labute approximate surface area is 108 Å². The Morgan fingerprint density at radius 1 is 1.41 bits per heavy atom. The molecule has 1 heterocycles. The second-order valence-corrected chi connectivity index (χ2v) is 4.87. The molecule has 0 bridgehead atoms. The quantitative estimate of drug-likeness (QED) is 0.480. The van der Waals surface area contributed by atoms with Gasteiger partial charge in [-0.1, -0.05) is 41.6 Å². The van der Waals surface area contributed by atoms with Gasteiger partial charge in [0.1, 0.15) is 5.03 Å². The van der Waals surface area contributed by atoms with Crippen LogP contribution in [0.1, 0.15) is 11.1 Å². The van der Waals surface area contributed by atoms with Gasteiger partial charge in [0.25, 0.3) is 0 Å². The van der Waals surface area contributed by atoms with Crippen LogP contribution < -0.4 is 0 Å². The zero-order chi connectivity index (χ0) is 12.3. The highest BCUT2D eigenvalue weighted by atomic mass is 35.5. The van der Waals surface area contributed by atoms with E-state index >= 15 is 0 Å². The van der Waals surface area contributed by atoms with Crippen molar-refractivity contribution in [2.24, 2.45) is 0 Å². The lowest BCUT2D eigenvalue weighted by atomic mass is 10.2. The summed E-state index contributed by atoms with van der Waals surface area (Å²) >= 11 is 6.93. The molecular weight excluding hydrogens is 259 g/mol. The van der Waals surface area contributed by atoms with E-state index in [1.165, 1.54) is 17.3 Å². The maximum atomic E-state index is 13.3. The summed E-state index contributed by atoms with van der Waals surface area (Å²) in [4.78, 5) is 7.43. The summed E-state index contributed by atoms with van der Waals surface area (Å²) < 4.78 is 13.3. The molecular formula is C12H10ClFN2S. The number of aromatic nitrogens is 2. The van der Waals surface area contributed by atoms with Crippen LogP contribution in [-0.4, -0.2) is 9.97 Å². The van der Waals surface area contributed by atoms with Crippen LogP contribution in [-0.2, 0) is 5.75 Å². The molecule has 2 rings (SSSR count). The third kappa shape index (κ3) is 3.41. The van der Waals surface area contributed by atoms with Crippen molar-refractivity contribution in [3.63, 3.8) is 0 Å². The monoisotopic (exact) mass is 268 g/mol. The lowest BCUT2D eigenvalue weighted by Crippen LogP contribution is -1.91. The van der Waals surface area contributed by atoms with Crippen molar-refractivity contribution in [1.82, 2.24) is 9.97 Å². The summed E-state index contributed by atoms with van der Waals surface area (Å²) in [6.07, 6.45) is 1.09. The predicted molar refractivity (Wildman–Crippen MR) is 67.7 cm³/mol. The van der Waals surface area contributed by atoms with Crippen molar-refractivity contribution in [2.75, 3.05) is 0 Å². The van der Waals surface area contributed by atoms with E-state index in [0.717, 1.165) is 11.8 Å². The zero-order valence-corrected chi connectivity index (χ0v) is 10.7. The normalized spacial score (nSPS) is 10.5. The van der Waals surface area contributed by atoms with Gasteiger partial charge in [-0.05, 0) is 24.1 Å². The van der Waals surface area contributed by atoms with Crippen molar-refractivity contribution in [1.29, 1.82) is 0 Å². The number of thioether (sulfide) groups is 1. The van der Waals surface area contributed by atoms with E-state index in [9.17, 15) is 4.39 Å². The van der Waals surface area contributed by atoms with Gasteiger partial charge in [0.2, 0.25) is 5.28 Å². The highest BCUT2D eigenvalue weighted by Crippen LogP contribution is 2.24. The molecule has 0 atom stereocenters. The number of halogens is 2. The Hall–Kier alpha value is -1.13. The van der Waals surface area contributed by atoms with Crippen LogP contribution in [0.4, 0.5) is 4.39 Å². The van der Waals surface area contributed by atoms with E-state index in [-0.39, 0.29) is 10.3 Å². The molecule has 0 fully saturated rings. The SMILES string of the molecule is Cc1cccc(CSc2nc(Cl)ncc2F)c1. The first kappa shape index (κ1) is 12.3. The van der Waals surface area contributed by atoms with E-state index in [0.29, 0.717) is 5.75 Å². The smallest absolute Gasteiger partial charge is 0.223 e. The molecule has 0 aliphatic carbocycles. The topological polar surface area (TPSA) is 25.8 Å². The van der Waals surface area contributed by atoms with Crippen LogP contribution in [0, 0.1) is 12.7 Å². The van der Waals surface area contributed by atoms with E-state index < -0.39 is 5.82 Å². The molecule has 0 amide bonds. The average Bonchev–Trinajstić information content (AvgIpc) is 2.30. The van der Waals surface area contributed by atoms with Crippen molar-refractivity contribution in [3.8, 4) is 0 Å². The molecule has 0 N–H and O–H groups in total.